The van der Waals surface area contributed by atoms with E-state index in [1.807, 2.05) is 79.9 Å². The quantitative estimate of drug-likeness (QED) is 0.341. The first-order valence-corrected chi connectivity index (χ1v) is 11.1. The van der Waals surface area contributed by atoms with Gasteiger partial charge in [0, 0.05) is 36.1 Å². The third kappa shape index (κ3) is 4.30. The average molecular weight is 436 g/mol. The Kier molecular flexibility index (Phi) is 5.77. The van der Waals surface area contributed by atoms with Crippen LogP contribution in [0.25, 0.3) is 21.8 Å². The fraction of sp³-hybridized carbons (Fsp3) is 0.143. The van der Waals surface area contributed by atoms with Crippen LogP contribution in [0, 0.1) is 6.92 Å². The van der Waals surface area contributed by atoms with Crippen LogP contribution in [-0.4, -0.2) is 16.1 Å². The van der Waals surface area contributed by atoms with Crippen molar-refractivity contribution in [3.8, 4) is 5.75 Å². The van der Waals surface area contributed by atoms with Crippen LogP contribution in [0.1, 0.15) is 11.3 Å². The predicted octanol–water partition coefficient (Wildman–Crippen LogP) is 5.55. The maximum Gasteiger partial charge on any atom is 0.223 e. The average Bonchev–Trinajstić information content (AvgIpc) is 2.85. The molecule has 0 aliphatic rings. The molecule has 5 nitrogen and oxygen atoms in total. The Morgan fingerprint density at radius 2 is 1.48 bits per heavy atom. The summed E-state index contributed by atoms with van der Waals surface area (Å²) in [7, 11) is 0. The summed E-state index contributed by atoms with van der Waals surface area (Å²) in [4.78, 5) is 17.2. The van der Waals surface area contributed by atoms with E-state index in [1.54, 1.807) is 6.07 Å². The molecular formula is C28H25N3O2. The van der Waals surface area contributed by atoms with Gasteiger partial charge in [-0.25, -0.2) is 4.98 Å². The molecule has 0 saturated heterocycles. The van der Waals surface area contributed by atoms with Crippen LogP contribution >= 0.6 is 0 Å². The molecule has 0 bridgehead atoms. The van der Waals surface area contributed by atoms with Gasteiger partial charge < -0.3 is 14.6 Å². The van der Waals surface area contributed by atoms with Gasteiger partial charge in [-0.3, -0.25) is 4.79 Å². The number of fused-ring (bicyclic) bond motifs is 2. The van der Waals surface area contributed by atoms with Gasteiger partial charge in [0.2, 0.25) is 5.43 Å². The lowest BCUT2D eigenvalue weighted by Gasteiger charge is -2.17. The molecule has 0 fully saturated rings. The summed E-state index contributed by atoms with van der Waals surface area (Å²) in [6, 6.07) is 27.8. The smallest absolute Gasteiger partial charge is 0.223 e. The Morgan fingerprint density at radius 3 is 2.18 bits per heavy atom. The second-order valence-electron chi connectivity index (χ2n) is 8.01. The number of anilines is 1. The van der Waals surface area contributed by atoms with Gasteiger partial charge in [-0.2, -0.15) is 0 Å². The van der Waals surface area contributed by atoms with Gasteiger partial charge in [0.1, 0.15) is 6.61 Å². The van der Waals surface area contributed by atoms with Crippen molar-refractivity contribution in [3.05, 3.63) is 113 Å². The van der Waals surface area contributed by atoms with Crippen molar-refractivity contribution in [1.29, 1.82) is 0 Å². The summed E-state index contributed by atoms with van der Waals surface area (Å²) in [6.07, 6.45) is 1.83. The molecule has 0 unspecified atom stereocenters. The lowest BCUT2D eigenvalue weighted by atomic mass is 10.1. The highest BCUT2D eigenvalue weighted by atomic mass is 16.5. The van der Waals surface area contributed by atoms with Crippen molar-refractivity contribution >= 4 is 27.5 Å². The summed E-state index contributed by atoms with van der Waals surface area (Å²) in [5.74, 6) is 0.404. The zero-order valence-electron chi connectivity index (χ0n) is 18.5. The number of ether oxygens (including phenoxy) is 1. The molecule has 5 aromatic rings. The normalized spacial score (nSPS) is 11.1. The number of aromatic nitrogens is 2. The number of para-hydroxylation sites is 2. The number of hydrogen-bond acceptors (Lipinski definition) is 4. The highest BCUT2D eigenvalue weighted by Gasteiger charge is 2.11. The minimum atomic E-state index is -0.0984. The zero-order valence-corrected chi connectivity index (χ0v) is 18.5. The highest BCUT2D eigenvalue weighted by Crippen LogP contribution is 2.30. The van der Waals surface area contributed by atoms with Crippen molar-refractivity contribution in [1.82, 2.24) is 9.55 Å². The van der Waals surface area contributed by atoms with Crippen LogP contribution < -0.4 is 15.5 Å². The van der Waals surface area contributed by atoms with E-state index in [0.29, 0.717) is 25.4 Å². The van der Waals surface area contributed by atoms with Gasteiger partial charge in [-0.05, 0) is 24.6 Å². The summed E-state index contributed by atoms with van der Waals surface area (Å²) in [5, 5.41) is 5.81. The Hall–Kier alpha value is -4.12. The molecule has 0 atom stereocenters. The molecule has 0 saturated carbocycles. The van der Waals surface area contributed by atoms with Gasteiger partial charge in [-0.15, -0.1) is 0 Å². The third-order valence-corrected chi connectivity index (χ3v) is 5.86. The van der Waals surface area contributed by atoms with Crippen LogP contribution in [-0.2, 0) is 13.2 Å². The first kappa shape index (κ1) is 20.8. The summed E-state index contributed by atoms with van der Waals surface area (Å²) in [6.45, 7) is 3.69. The van der Waals surface area contributed by atoms with Gasteiger partial charge >= 0.3 is 0 Å². The summed E-state index contributed by atoms with van der Waals surface area (Å²) >= 11 is 0. The van der Waals surface area contributed by atoms with Crippen LogP contribution in [0.3, 0.4) is 0 Å². The van der Waals surface area contributed by atoms with Crippen LogP contribution in [0.2, 0.25) is 0 Å². The fourth-order valence-electron chi connectivity index (χ4n) is 4.13. The van der Waals surface area contributed by atoms with Gasteiger partial charge in [0.15, 0.2) is 5.75 Å². The number of nitrogens with zero attached hydrogens (tertiary/aromatic N) is 2. The summed E-state index contributed by atoms with van der Waals surface area (Å²) in [5.41, 5.74) is 4.77. The van der Waals surface area contributed by atoms with E-state index < -0.39 is 0 Å². The fourth-order valence-corrected chi connectivity index (χ4v) is 4.13. The van der Waals surface area contributed by atoms with Crippen LogP contribution in [0.4, 0.5) is 5.69 Å². The number of benzene rings is 3. The number of pyridine rings is 2. The number of rotatable bonds is 7. The molecule has 0 spiro atoms. The lowest BCUT2D eigenvalue weighted by molar-refractivity contribution is 0.297. The molecule has 33 heavy (non-hydrogen) atoms. The van der Waals surface area contributed by atoms with Gasteiger partial charge in [0.25, 0.3) is 0 Å². The SMILES string of the molecule is Cc1c(OCc2ccccc2)c(=O)ccn1CCNc1c2ccccc2nc2ccccc12. The van der Waals surface area contributed by atoms with E-state index in [2.05, 4.69) is 22.0 Å². The number of nitrogens with one attached hydrogen (secondary N) is 1. The third-order valence-electron chi connectivity index (χ3n) is 5.86. The Bertz CT molecular complexity index is 1420. The van der Waals surface area contributed by atoms with E-state index in [-0.39, 0.29) is 5.43 Å². The predicted molar refractivity (Wildman–Crippen MR) is 134 cm³/mol. The molecule has 5 rings (SSSR count). The van der Waals surface area contributed by atoms with Crippen molar-refractivity contribution in [3.63, 3.8) is 0 Å². The maximum atomic E-state index is 12.4. The molecule has 1 N–H and O–H groups in total. The van der Waals surface area contributed by atoms with E-state index in [0.717, 1.165) is 38.8 Å². The van der Waals surface area contributed by atoms with Crippen molar-refractivity contribution in [2.45, 2.75) is 20.1 Å². The molecule has 0 amide bonds. The van der Waals surface area contributed by atoms with E-state index in [1.165, 1.54) is 0 Å². The molecule has 3 aromatic carbocycles. The van der Waals surface area contributed by atoms with Crippen molar-refractivity contribution in [2.24, 2.45) is 0 Å². The first-order chi connectivity index (χ1) is 16.2. The number of hydrogen-bond donors (Lipinski definition) is 1. The van der Waals surface area contributed by atoms with Crippen LogP contribution in [0.5, 0.6) is 5.75 Å². The zero-order chi connectivity index (χ0) is 22.6. The Morgan fingerprint density at radius 1 is 0.848 bits per heavy atom. The molecule has 2 aromatic heterocycles. The first-order valence-electron chi connectivity index (χ1n) is 11.1. The molecule has 0 aliphatic heterocycles. The van der Waals surface area contributed by atoms with Gasteiger partial charge in [-0.1, -0.05) is 66.7 Å². The van der Waals surface area contributed by atoms with Crippen LogP contribution in [0.15, 0.2) is 95.9 Å². The molecule has 5 heteroatoms. The highest BCUT2D eigenvalue weighted by molar-refractivity contribution is 6.07. The Labute approximate surface area is 192 Å². The largest absolute Gasteiger partial charge is 0.483 e. The van der Waals surface area contributed by atoms with E-state index >= 15 is 0 Å². The lowest BCUT2D eigenvalue weighted by Crippen LogP contribution is -2.18. The molecule has 0 aliphatic carbocycles. The van der Waals surface area contributed by atoms with Gasteiger partial charge in [0.05, 0.1) is 22.4 Å². The standard InChI is InChI=1S/C28H25N3O2/c1-20-28(33-19-21-9-3-2-4-10-21)26(32)15-17-31(20)18-16-29-27-22-11-5-7-13-24(22)30-25-14-8-6-12-23(25)27/h2-15,17H,16,18-19H2,1H3,(H,29,30). The Balaban J connectivity index is 1.37. The second-order valence-corrected chi connectivity index (χ2v) is 8.01. The topological polar surface area (TPSA) is 56.1 Å². The molecular weight excluding hydrogens is 410 g/mol. The monoisotopic (exact) mass is 435 g/mol. The minimum absolute atomic E-state index is 0.0984. The molecule has 2 heterocycles. The molecule has 0 radical (unpaired) electrons. The summed E-state index contributed by atoms with van der Waals surface area (Å²) < 4.78 is 7.97. The minimum Gasteiger partial charge on any atom is -0.483 e. The van der Waals surface area contributed by atoms with E-state index in [4.69, 9.17) is 9.72 Å². The second kappa shape index (κ2) is 9.17. The van der Waals surface area contributed by atoms with Crippen molar-refractivity contribution in [2.75, 3.05) is 11.9 Å². The van der Waals surface area contributed by atoms with E-state index in [9.17, 15) is 4.79 Å². The van der Waals surface area contributed by atoms with Crippen molar-refractivity contribution < 1.29 is 4.74 Å². The molecule has 164 valence electrons. The maximum absolute atomic E-state index is 12.4.